The van der Waals surface area contributed by atoms with Crippen molar-refractivity contribution in [3.8, 4) is 0 Å². The highest BCUT2D eigenvalue weighted by atomic mass is 28.2. The van der Waals surface area contributed by atoms with Crippen LogP contribution in [0.5, 0.6) is 0 Å². The summed E-state index contributed by atoms with van der Waals surface area (Å²) >= 11 is 0. The summed E-state index contributed by atoms with van der Waals surface area (Å²) in [5, 5.41) is 1.25. The number of imidazole rings is 1. The van der Waals surface area contributed by atoms with E-state index in [1.54, 1.807) is 0 Å². The van der Waals surface area contributed by atoms with Crippen LogP contribution in [0.4, 0.5) is 0 Å². The molecule has 0 fully saturated rings. The molecule has 0 atom stereocenters. The Morgan fingerprint density at radius 3 is 1.89 bits per heavy atom. The van der Waals surface area contributed by atoms with Gasteiger partial charge in [0.2, 0.25) is 0 Å². The summed E-state index contributed by atoms with van der Waals surface area (Å²) < 4.78 is 2.30. The molecule has 0 aliphatic heterocycles. The molecule has 134 valence electrons. The zero-order chi connectivity index (χ0) is 18.5. The third-order valence-corrected chi connectivity index (χ3v) is 7.91. The SMILES string of the molecule is CCc1ccc([SiH2]C(c2ccccc2)(c2ccccc2)n2ccnc2)cc1. The van der Waals surface area contributed by atoms with Crippen LogP contribution in [0, 0.1) is 0 Å². The van der Waals surface area contributed by atoms with Crippen molar-refractivity contribution in [2.45, 2.75) is 18.5 Å². The summed E-state index contributed by atoms with van der Waals surface area (Å²) in [4.78, 5) is 4.39. The van der Waals surface area contributed by atoms with E-state index in [0.717, 1.165) is 6.42 Å². The maximum Gasteiger partial charge on any atom is 0.0965 e. The minimum absolute atomic E-state index is 0.202. The van der Waals surface area contributed by atoms with Crippen LogP contribution < -0.4 is 5.19 Å². The highest BCUT2D eigenvalue weighted by molar-refractivity contribution is 6.57. The van der Waals surface area contributed by atoms with Crippen molar-refractivity contribution in [3.05, 3.63) is 120 Å². The van der Waals surface area contributed by atoms with E-state index in [9.17, 15) is 0 Å². The van der Waals surface area contributed by atoms with E-state index >= 15 is 0 Å². The van der Waals surface area contributed by atoms with E-state index in [1.807, 2.05) is 12.5 Å². The Morgan fingerprint density at radius 1 is 0.815 bits per heavy atom. The summed E-state index contributed by atoms with van der Waals surface area (Å²) in [6, 6.07) is 30.9. The molecule has 4 rings (SSSR count). The summed E-state index contributed by atoms with van der Waals surface area (Å²) in [6.45, 7) is 2.20. The van der Waals surface area contributed by atoms with E-state index in [-0.39, 0.29) is 5.16 Å². The fraction of sp³-hybridized carbons (Fsp3) is 0.125. The van der Waals surface area contributed by atoms with E-state index in [2.05, 4.69) is 108 Å². The predicted molar refractivity (Wildman–Crippen MR) is 115 cm³/mol. The van der Waals surface area contributed by atoms with Crippen LogP contribution >= 0.6 is 0 Å². The molecule has 3 heteroatoms. The zero-order valence-electron chi connectivity index (χ0n) is 15.6. The fourth-order valence-corrected chi connectivity index (χ4v) is 6.17. The summed E-state index contributed by atoms with van der Waals surface area (Å²) in [6.07, 6.45) is 7.03. The first-order valence-electron chi connectivity index (χ1n) is 9.50. The first-order chi connectivity index (χ1) is 13.3. The van der Waals surface area contributed by atoms with Crippen molar-refractivity contribution in [2.75, 3.05) is 0 Å². The molecular formula is C24H24N2Si. The lowest BCUT2D eigenvalue weighted by Gasteiger charge is -2.37. The van der Waals surface area contributed by atoms with Crippen LogP contribution in [0.25, 0.3) is 0 Å². The van der Waals surface area contributed by atoms with Crippen LogP contribution in [-0.4, -0.2) is 19.1 Å². The molecule has 4 aromatic rings. The average Bonchev–Trinajstić information content (AvgIpc) is 3.29. The van der Waals surface area contributed by atoms with Crippen LogP contribution in [0.15, 0.2) is 104 Å². The maximum atomic E-state index is 4.39. The highest BCUT2D eigenvalue weighted by Crippen LogP contribution is 2.33. The molecule has 0 amide bonds. The Morgan fingerprint density at radius 2 is 1.41 bits per heavy atom. The molecule has 1 heterocycles. The van der Waals surface area contributed by atoms with Gasteiger partial charge in [0.1, 0.15) is 0 Å². The largest absolute Gasteiger partial charge is 0.326 e. The van der Waals surface area contributed by atoms with Gasteiger partial charge in [-0.2, -0.15) is 0 Å². The minimum atomic E-state index is -0.770. The Bertz CT molecular complexity index is 923. The van der Waals surface area contributed by atoms with Crippen LogP contribution in [0.1, 0.15) is 23.6 Å². The number of rotatable bonds is 6. The Hall–Kier alpha value is -2.91. The zero-order valence-corrected chi connectivity index (χ0v) is 17.0. The van der Waals surface area contributed by atoms with Gasteiger partial charge in [-0.05, 0) is 23.1 Å². The fourth-order valence-electron chi connectivity index (χ4n) is 3.86. The van der Waals surface area contributed by atoms with Gasteiger partial charge in [-0.3, -0.25) is 0 Å². The molecule has 2 nitrogen and oxygen atoms in total. The molecule has 1 aromatic heterocycles. The summed E-state index contributed by atoms with van der Waals surface area (Å²) in [7, 11) is -0.770. The summed E-state index contributed by atoms with van der Waals surface area (Å²) in [5.74, 6) is 0. The van der Waals surface area contributed by atoms with Gasteiger partial charge in [-0.25, -0.2) is 4.98 Å². The predicted octanol–water partition coefficient (Wildman–Crippen LogP) is 3.69. The Labute approximate surface area is 163 Å². The van der Waals surface area contributed by atoms with Gasteiger partial charge < -0.3 is 4.57 Å². The van der Waals surface area contributed by atoms with Crippen LogP contribution in [-0.2, 0) is 11.6 Å². The van der Waals surface area contributed by atoms with Crippen molar-refractivity contribution in [3.63, 3.8) is 0 Å². The first-order valence-corrected chi connectivity index (χ1v) is 10.9. The molecule has 0 aliphatic rings. The lowest BCUT2D eigenvalue weighted by molar-refractivity contribution is 0.596. The maximum absolute atomic E-state index is 4.39. The molecule has 0 saturated carbocycles. The van der Waals surface area contributed by atoms with Crippen LogP contribution in [0.2, 0.25) is 0 Å². The van der Waals surface area contributed by atoms with E-state index in [0.29, 0.717) is 0 Å². The second kappa shape index (κ2) is 7.76. The number of aromatic nitrogens is 2. The summed E-state index contributed by atoms with van der Waals surface area (Å²) in [5.41, 5.74) is 4.03. The van der Waals surface area contributed by atoms with Crippen molar-refractivity contribution < 1.29 is 0 Å². The molecule has 0 spiro atoms. The standard InChI is InChI=1S/C24H24N2Si/c1-2-20-13-15-23(16-14-20)27-24(26-18-17-25-19-26,21-9-5-3-6-10-21)22-11-7-4-8-12-22/h3-19H,2,27H2,1H3. The van der Waals surface area contributed by atoms with Gasteiger partial charge in [-0.15, -0.1) is 0 Å². The Kier molecular flexibility index (Phi) is 5.03. The average molecular weight is 369 g/mol. The number of hydrogen-bond donors (Lipinski definition) is 0. The van der Waals surface area contributed by atoms with Gasteiger partial charge in [0.15, 0.2) is 0 Å². The number of hydrogen-bond acceptors (Lipinski definition) is 1. The van der Waals surface area contributed by atoms with Crippen molar-refractivity contribution in [1.82, 2.24) is 9.55 Å². The first kappa shape index (κ1) is 17.5. The molecule has 0 N–H and O–H groups in total. The lowest BCUT2D eigenvalue weighted by atomic mass is 9.97. The number of aryl methyl sites for hydroxylation is 1. The molecular weight excluding hydrogens is 344 g/mol. The lowest BCUT2D eigenvalue weighted by Crippen LogP contribution is -2.46. The molecule has 3 aromatic carbocycles. The van der Waals surface area contributed by atoms with Crippen molar-refractivity contribution in [2.24, 2.45) is 0 Å². The van der Waals surface area contributed by atoms with Crippen molar-refractivity contribution >= 4 is 14.7 Å². The third kappa shape index (κ3) is 3.38. The molecule has 27 heavy (non-hydrogen) atoms. The normalized spacial score (nSPS) is 11.9. The van der Waals surface area contributed by atoms with Crippen LogP contribution in [0.3, 0.4) is 0 Å². The minimum Gasteiger partial charge on any atom is -0.326 e. The second-order valence-corrected chi connectivity index (χ2v) is 9.10. The molecule has 0 saturated heterocycles. The molecule has 0 aliphatic carbocycles. The van der Waals surface area contributed by atoms with Gasteiger partial charge in [0.05, 0.1) is 21.0 Å². The van der Waals surface area contributed by atoms with Crippen molar-refractivity contribution in [1.29, 1.82) is 0 Å². The van der Waals surface area contributed by atoms with Gasteiger partial charge in [-0.1, -0.05) is 97.0 Å². The van der Waals surface area contributed by atoms with Gasteiger partial charge >= 0.3 is 0 Å². The Balaban J connectivity index is 1.92. The molecule has 0 unspecified atom stereocenters. The smallest absolute Gasteiger partial charge is 0.0965 e. The molecule has 0 bridgehead atoms. The van der Waals surface area contributed by atoms with Gasteiger partial charge in [0.25, 0.3) is 0 Å². The second-order valence-electron chi connectivity index (χ2n) is 6.91. The highest BCUT2D eigenvalue weighted by Gasteiger charge is 2.36. The van der Waals surface area contributed by atoms with E-state index in [4.69, 9.17) is 0 Å². The number of benzene rings is 3. The quantitative estimate of drug-likeness (QED) is 0.475. The van der Waals surface area contributed by atoms with E-state index < -0.39 is 9.52 Å². The third-order valence-electron chi connectivity index (χ3n) is 5.34. The topological polar surface area (TPSA) is 17.8 Å². The van der Waals surface area contributed by atoms with E-state index in [1.165, 1.54) is 21.9 Å². The number of nitrogens with zero attached hydrogens (tertiary/aromatic N) is 2. The van der Waals surface area contributed by atoms with Gasteiger partial charge in [0, 0.05) is 12.4 Å². The molecule has 0 radical (unpaired) electrons. The monoisotopic (exact) mass is 368 g/mol.